The van der Waals surface area contributed by atoms with Crippen LogP contribution in [0.15, 0.2) is 13.2 Å². The topological polar surface area (TPSA) is 0 Å². The fraction of sp³-hybridized carbons (Fsp3) is 0. The van der Waals surface area contributed by atoms with E-state index in [1.54, 1.807) is 0 Å². The van der Waals surface area contributed by atoms with E-state index in [4.69, 9.17) is 0 Å². The molecule has 0 saturated heterocycles. The van der Waals surface area contributed by atoms with Gasteiger partial charge in [0.25, 0.3) is 0 Å². The van der Waals surface area contributed by atoms with Crippen LogP contribution in [0.3, 0.4) is 0 Å². The van der Waals surface area contributed by atoms with Crippen molar-refractivity contribution in [2.24, 2.45) is 0 Å². The van der Waals surface area contributed by atoms with Crippen LogP contribution in [0.5, 0.6) is 0 Å². The molecule has 37 valence electrons. The third kappa shape index (κ3) is 327. The first-order valence-corrected chi connectivity index (χ1v) is 3.19. The van der Waals surface area contributed by atoms with E-state index in [-0.39, 0.29) is 0 Å². The zero-order chi connectivity index (χ0) is 6.00. The van der Waals surface area contributed by atoms with E-state index in [0.29, 0.717) is 0 Å². The molecular weight excluding hydrogens is 185 g/mol. The third-order valence-corrected chi connectivity index (χ3v) is 0. The summed E-state index contributed by atoms with van der Waals surface area (Å²) in [4.78, 5) is 0. The van der Waals surface area contributed by atoms with Gasteiger partial charge in [-0.1, -0.05) is 0 Å². The van der Waals surface area contributed by atoms with Crippen LogP contribution in [0, 0.1) is 13.2 Å². The summed E-state index contributed by atoms with van der Waals surface area (Å²) in [5.74, 6) is 0. The summed E-state index contributed by atoms with van der Waals surface area (Å²) in [5, 5.41) is 0. The Morgan fingerprint density at radius 3 is 1.00 bits per heavy atom. The minimum atomic E-state index is 1.82. The van der Waals surface area contributed by atoms with Crippen LogP contribution < -0.4 is 0 Å². The molecule has 2 heteroatoms. The van der Waals surface area contributed by atoms with Gasteiger partial charge in [-0.25, -0.2) is 0 Å². The first-order valence-electron chi connectivity index (χ1n) is 0.950. The zero-order valence-electron chi connectivity index (χ0n) is 3.30. The normalized spacial score (nSPS) is 2.17. The number of halogens is 1. The van der Waals surface area contributed by atoms with E-state index < -0.39 is 0 Å². The molecule has 0 atom stereocenters. The molecule has 0 bridgehead atoms. The molecule has 0 fully saturated rings. The summed E-state index contributed by atoms with van der Waals surface area (Å²) in [7, 11) is 4.57. The summed E-state index contributed by atoms with van der Waals surface area (Å²) in [5.41, 5.74) is 0. The number of hydrogen-bond acceptors (Lipinski definition) is 0. The fourth-order valence-electron chi connectivity index (χ4n) is 0. The first-order chi connectivity index (χ1) is 3.00. The first kappa shape index (κ1) is 16.2. The van der Waals surface area contributed by atoms with Crippen LogP contribution in [-0.2, 0) is 17.3 Å². The zero-order valence-corrected chi connectivity index (χ0v) is 5.79. The number of hydrogen-bond donors (Lipinski definition) is 0. The molecule has 0 rings (SSSR count). The van der Waals surface area contributed by atoms with Crippen molar-refractivity contribution in [3.05, 3.63) is 26.3 Å². The van der Waals surface area contributed by atoms with E-state index in [0.717, 1.165) is 0 Å². The standard InChI is InChI=1S/2C2H3.ClH.Ru/c2*1-2;;/h2*1H,2H2;1H;/q2*-1;;+3/p-1. The maximum atomic E-state index is 4.57. The second kappa shape index (κ2) is 673. The van der Waals surface area contributed by atoms with Gasteiger partial charge in [-0.05, 0) is 0 Å². The summed E-state index contributed by atoms with van der Waals surface area (Å²) in [6.07, 6.45) is 0. The van der Waals surface area contributed by atoms with Crippen molar-refractivity contribution in [1.82, 2.24) is 0 Å². The van der Waals surface area contributed by atoms with Gasteiger partial charge in [0.1, 0.15) is 0 Å². The quantitative estimate of drug-likeness (QED) is 0.404. The minimum absolute atomic E-state index is 1.82. The molecule has 0 aliphatic carbocycles. The molecule has 0 aromatic carbocycles. The van der Waals surface area contributed by atoms with Crippen LogP contribution in [0.1, 0.15) is 0 Å². The Bertz CT molecular complexity index is 9.51. The molecule has 0 heterocycles. The van der Waals surface area contributed by atoms with Crippen LogP contribution >= 0.6 is 9.69 Å². The monoisotopic (exact) mass is 191 g/mol. The summed E-state index contributed by atoms with van der Waals surface area (Å²) < 4.78 is 0. The summed E-state index contributed by atoms with van der Waals surface area (Å²) >= 11 is 1.82. The second-order valence-electron chi connectivity index (χ2n) is 0. The van der Waals surface area contributed by atoms with Crippen molar-refractivity contribution >= 4 is 9.69 Å². The van der Waals surface area contributed by atoms with Crippen LogP contribution in [0.25, 0.3) is 0 Å². The molecule has 0 aliphatic rings. The van der Waals surface area contributed by atoms with E-state index >= 15 is 0 Å². The van der Waals surface area contributed by atoms with E-state index in [9.17, 15) is 0 Å². The van der Waals surface area contributed by atoms with Gasteiger partial charge in [0.2, 0.25) is 0 Å². The Kier molecular flexibility index (Phi) is 1810. The van der Waals surface area contributed by atoms with Crippen molar-refractivity contribution in [2.45, 2.75) is 0 Å². The van der Waals surface area contributed by atoms with E-state index in [1.807, 2.05) is 17.3 Å². The van der Waals surface area contributed by atoms with Gasteiger partial charge in [0.15, 0.2) is 0 Å². The Morgan fingerprint density at radius 1 is 1.00 bits per heavy atom. The van der Waals surface area contributed by atoms with Crippen molar-refractivity contribution in [3.63, 3.8) is 0 Å². The van der Waals surface area contributed by atoms with Gasteiger partial charge in [-0.3, -0.25) is 13.2 Å². The van der Waals surface area contributed by atoms with Crippen molar-refractivity contribution < 1.29 is 17.3 Å². The van der Waals surface area contributed by atoms with Gasteiger partial charge in [-0.2, -0.15) is 0 Å². The Hall–Kier alpha value is 0.393. The van der Waals surface area contributed by atoms with Gasteiger partial charge in [-0.15, -0.1) is 0 Å². The molecule has 0 nitrogen and oxygen atoms in total. The van der Waals surface area contributed by atoms with Gasteiger partial charge in [0.05, 0.1) is 0 Å². The molecule has 0 N–H and O–H groups in total. The van der Waals surface area contributed by atoms with Crippen LogP contribution in [0.2, 0.25) is 0 Å². The third-order valence-electron chi connectivity index (χ3n) is 0. The van der Waals surface area contributed by atoms with E-state index in [2.05, 4.69) is 36.0 Å². The Labute approximate surface area is 53.6 Å². The van der Waals surface area contributed by atoms with Crippen molar-refractivity contribution in [2.75, 3.05) is 0 Å². The Balaban J connectivity index is -0.0000000225. The average Bonchev–Trinajstić information content (AvgIpc) is 1.81. The summed E-state index contributed by atoms with van der Waals surface area (Å²) in [6, 6.07) is 0. The van der Waals surface area contributed by atoms with E-state index in [1.165, 1.54) is 0 Å². The number of rotatable bonds is 0. The molecular formula is C4H6ClRu. The SMILES string of the molecule is [CH-]=C.[CH-]=C.[Cl][Ru+2]. The van der Waals surface area contributed by atoms with Crippen LogP contribution in [0.4, 0.5) is 0 Å². The maximum absolute atomic E-state index is 4.57. The second-order valence-corrected chi connectivity index (χ2v) is 0. The van der Waals surface area contributed by atoms with Crippen molar-refractivity contribution in [3.8, 4) is 0 Å². The molecule has 0 unspecified atom stereocenters. The Morgan fingerprint density at radius 2 is 1.00 bits per heavy atom. The van der Waals surface area contributed by atoms with Crippen LogP contribution in [-0.4, -0.2) is 0 Å². The van der Waals surface area contributed by atoms with Gasteiger partial charge < -0.3 is 13.2 Å². The predicted octanol–water partition coefficient (Wildman–Crippen LogP) is 1.90. The fourth-order valence-corrected chi connectivity index (χ4v) is 0. The molecule has 6 heavy (non-hydrogen) atoms. The molecule has 0 aromatic rings. The predicted molar refractivity (Wildman–Crippen MR) is 25.7 cm³/mol. The van der Waals surface area contributed by atoms with Gasteiger partial charge >= 0.3 is 27.0 Å². The molecule has 0 saturated carbocycles. The molecule has 0 amide bonds. The molecule has 0 aromatic heterocycles. The molecule has 0 aliphatic heterocycles. The average molecular weight is 191 g/mol. The molecule has 0 spiro atoms. The molecule has 0 radical (unpaired) electrons. The summed E-state index contributed by atoms with van der Waals surface area (Å²) in [6.45, 7) is 14.0. The van der Waals surface area contributed by atoms with Crippen molar-refractivity contribution in [1.29, 1.82) is 0 Å². The van der Waals surface area contributed by atoms with Gasteiger partial charge in [0, 0.05) is 0 Å².